The van der Waals surface area contributed by atoms with Crippen LogP contribution in [-0.4, -0.2) is 42.3 Å². The molecular formula is C12H10N6O5. The van der Waals surface area contributed by atoms with Crippen LogP contribution < -0.4 is 5.32 Å². The molecule has 118 valence electrons. The normalized spacial score (nSPS) is 12.2. The smallest absolute Gasteiger partial charge is 0.326 e. The maximum Gasteiger partial charge on any atom is 0.326 e. The number of rotatable bonds is 6. The lowest BCUT2D eigenvalue weighted by Gasteiger charge is -2.14. The van der Waals surface area contributed by atoms with Crippen molar-refractivity contribution in [2.75, 3.05) is 5.32 Å². The van der Waals surface area contributed by atoms with E-state index in [9.17, 15) is 20.0 Å². The molecule has 23 heavy (non-hydrogen) atoms. The number of benzene rings is 1. The number of carboxylic acids is 1. The van der Waals surface area contributed by atoms with Crippen LogP contribution in [0.3, 0.4) is 0 Å². The minimum absolute atomic E-state index is 0.0503. The molecule has 0 aliphatic heterocycles. The molecule has 0 spiro atoms. The zero-order chi connectivity index (χ0) is 16.4. The van der Waals surface area contributed by atoms with Gasteiger partial charge in [0.2, 0.25) is 5.52 Å². The first-order chi connectivity index (χ1) is 11.1. The summed E-state index contributed by atoms with van der Waals surface area (Å²) in [5.41, 5.74) is 0.674. The molecule has 1 aromatic carbocycles. The van der Waals surface area contributed by atoms with E-state index in [0.717, 1.165) is 0 Å². The minimum Gasteiger partial charge on any atom is -0.480 e. The quantitative estimate of drug-likeness (QED) is 0.444. The molecule has 11 heteroatoms. The van der Waals surface area contributed by atoms with Gasteiger partial charge in [0.25, 0.3) is 0 Å². The second kappa shape index (κ2) is 5.71. The van der Waals surface area contributed by atoms with E-state index in [2.05, 4.69) is 30.2 Å². The van der Waals surface area contributed by atoms with Crippen molar-refractivity contribution in [3.63, 3.8) is 0 Å². The number of fused-ring (bicyclic) bond motifs is 1. The fraction of sp³-hybridized carbons (Fsp3) is 0.167. The van der Waals surface area contributed by atoms with Gasteiger partial charge in [0.1, 0.15) is 6.04 Å². The second-order valence-electron chi connectivity index (χ2n) is 4.67. The molecule has 3 aromatic rings. The number of nitro groups is 1. The second-order valence-corrected chi connectivity index (χ2v) is 4.67. The molecule has 0 saturated heterocycles. The molecule has 0 aliphatic rings. The minimum atomic E-state index is -1.09. The third-order valence-corrected chi connectivity index (χ3v) is 3.20. The third kappa shape index (κ3) is 2.79. The predicted octanol–water partition coefficient (Wildman–Crippen LogP) is 0.962. The predicted molar refractivity (Wildman–Crippen MR) is 75.8 cm³/mol. The van der Waals surface area contributed by atoms with Gasteiger partial charge in [-0.3, -0.25) is 10.1 Å². The van der Waals surface area contributed by atoms with E-state index in [-0.39, 0.29) is 28.8 Å². The highest BCUT2D eigenvalue weighted by atomic mass is 16.6. The number of anilines is 1. The number of nitro benzene ring substituents is 1. The van der Waals surface area contributed by atoms with E-state index in [4.69, 9.17) is 0 Å². The highest BCUT2D eigenvalue weighted by Gasteiger charge is 2.24. The highest BCUT2D eigenvalue weighted by Crippen LogP contribution is 2.29. The number of carbonyl (C=O) groups is 1. The Morgan fingerprint density at radius 3 is 2.87 bits per heavy atom. The maximum atomic E-state index is 11.4. The summed E-state index contributed by atoms with van der Waals surface area (Å²) in [7, 11) is 0. The Labute approximate surface area is 127 Å². The van der Waals surface area contributed by atoms with Crippen LogP contribution in [0, 0.1) is 10.1 Å². The van der Waals surface area contributed by atoms with Gasteiger partial charge in [-0.05, 0) is 16.4 Å². The summed E-state index contributed by atoms with van der Waals surface area (Å²) < 4.78 is 4.54. The Morgan fingerprint density at radius 1 is 1.43 bits per heavy atom. The van der Waals surface area contributed by atoms with Gasteiger partial charge < -0.3 is 15.4 Å². The molecule has 2 aromatic heterocycles. The zero-order valence-corrected chi connectivity index (χ0v) is 11.5. The number of aromatic nitrogens is 4. The molecule has 0 fully saturated rings. The van der Waals surface area contributed by atoms with Crippen LogP contribution in [0.15, 0.2) is 29.3 Å². The first-order valence-corrected chi connectivity index (χ1v) is 6.42. The van der Waals surface area contributed by atoms with Crippen molar-refractivity contribution in [3.8, 4) is 0 Å². The van der Waals surface area contributed by atoms with Crippen molar-refractivity contribution in [3.05, 3.63) is 40.5 Å². The van der Waals surface area contributed by atoms with Gasteiger partial charge in [0.15, 0.2) is 5.52 Å². The van der Waals surface area contributed by atoms with Crippen LogP contribution in [0.25, 0.3) is 11.0 Å². The number of carboxylic acid groups (broad SMARTS) is 1. The number of nitrogens with one attached hydrogen (secondary N) is 2. The van der Waals surface area contributed by atoms with E-state index in [1.54, 1.807) is 0 Å². The van der Waals surface area contributed by atoms with Gasteiger partial charge in [-0.15, -0.1) is 0 Å². The van der Waals surface area contributed by atoms with E-state index in [1.165, 1.54) is 24.7 Å². The van der Waals surface area contributed by atoms with Crippen LogP contribution in [-0.2, 0) is 11.2 Å². The molecule has 0 radical (unpaired) electrons. The summed E-state index contributed by atoms with van der Waals surface area (Å²) in [6, 6.07) is 1.59. The van der Waals surface area contributed by atoms with Crippen LogP contribution in [0.2, 0.25) is 0 Å². The van der Waals surface area contributed by atoms with Gasteiger partial charge in [-0.1, -0.05) is 0 Å². The van der Waals surface area contributed by atoms with Gasteiger partial charge in [0.05, 0.1) is 16.9 Å². The Bertz CT molecular complexity index is 858. The molecule has 0 aliphatic carbocycles. The largest absolute Gasteiger partial charge is 0.480 e. The van der Waals surface area contributed by atoms with Crippen LogP contribution in [0.1, 0.15) is 5.69 Å². The van der Waals surface area contributed by atoms with Crippen molar-refractivity contribution in [2.45, 2.75) is 12.5 Å². The monoisotopic (exact) mass is 318 g/mol. The SMILES string of the molecule is O=C(O)[C@@H](Cc1cnc[nH]1)Nc1ccc([N+](=O)[O-])c2nonc12. The Balaban J connectivity index is 1.93. The van der Waals surface area contributed by atoms with E-state index in [0.29, 0.717) is 5.69 Å². The molecule has 0 amide bonds. The molecular weight excluding hydrogens is 308 g/mol. The average Bonchev–Trinajstić information content (AvgIpc) is 3.17. The standard InChI is InChI=1S/C12H10N6O5/c19-12(20)8(3-6-4-13-5-14-6)15-7-1-2-9(18(21)22)11-10(7)16-23-17-11/h1-2,4-5,8,15H,3H2,(H,13,14)(H,19,20)/t8-/m1/s1. The van der Waals surface area contributed by atoms with Gasteiger partial charge in [0, 0.05) is 24.4 Å². The number of imidazole rings is 1. The van der Waals surface area contributed by atoms with Crippen LogP contribution >= 0.6 is 0 Å². The maximum absolute atomic E-state index is 11.4. The molecule has 0 bridgehead atoms. The molecule has 2 heterocycles. The van der Waals surface area contributed by atoms with Crippen molar-refractivity contribution >= 4 is 28.4 Å². The number of aliphatic carboxylic acids is 1. The number of nitrogens with zero attached hydrogens (tertiary/aromatic N) is 4. The van der Waals surface area contributed by atoms with Crippen molar-refractivity contribution in [1.82, 2.24) is 20.3 Å². The van der Waals surface area contributed by atoms with Gasteiger partial charge in [-0.2, -0.15) is 0 Å². The van der Waals surface area contributed by atoms with Crippen LogP contribution in [0.4, 0.5) is 11.4 Å². The molecule has 1 atom stereocenters. The molecule has 3 N–H and O–H groups in total. The summed E-state index contributed by atoms with van der Waals surface area (Å²) in [4.78, 5) is 28.4. The lowest BCUT2D eigenvalue weighted by atomic mass is 10.1. The Morgan fingerprint density at radius 2 is 2.22 bits per heavy atom. The van der Waals surface area contributed by atoms with Gasteiger partial charge >= 0.3 is 11.7 Å². The molecule has 0 unspecified atom stereocenters. The number of hydrogen-bond donors (Lipinski definition) is 3. The summed E-state index contributed by atoms with van der Waals surface area (Å²) >= 11 is 0. The molecule has 11 nitrogen and oxygen atoms in total. The fourth-order valence-electron chi connectivity index (χ4n) is 2.12. The van der Waals surface area contributed by atoms with Crippen LogP contribution in [0.5, 0.6) is 0 Å². The Kier molecular flexibility index (Phi) is 3.58. The first-order valence-electron chi connectivity index (χ1n) is 6.42. The summed E-state index contributed by atoms with van der Waals surface area (Å²) in [5, 5.41) is 30.2. The van der Waals surface area contributed by atoms with E-state index >= 15 is 0 Å². The lowest BCUT2D eigenvalue weighted by Crippen LogP contribution is -2.31. The number of aromatic amines is 1. The molecule has 0 saturated carbocycles. The van der Waals surface area contributed by atoms with Crippen molar-refractivity contribution in [2.24, 2.45) is 0 Å². The fourth-order valence-corrected chi connectivity index (χ4v) is 2.12. The highest BCUT2D eigenvalue weighted by molar-refractivity contribution is 5.94. The van der Waals surface area contributed by atoms with E-state index in [1.807, 2.05) is 0 Å². The lowest BCUT2D eigenvalue weighted by molar-refractivity contribution is -0.383. The Hall–Kier alpha value is -3.50. The van der Waals surface area contributed by atoms with Gasteiger partial charge in [-0.25, -0.2) is 14.4 Å². The zero-order valence-electron chi connectivity index (χ0n) is 11.5. The van der Waals surface area contributed by atoms with E-state index < -0.39 is 16.9 Å². The topological polar surface area (TPSA) is 160 Å². The van der Waals surface area contributed by atoms with Crippen molar-refractivity contribution in [1.29, 1.82) is 0 Å². The number of H-pyrrole nitrogens is 1. The summed E-state index contributed by atoms with van der Waals surface area (Å²) in [6.07, 6.45) is 3.10. The summed E-state index contributed by atoms with van der Waals surface area (Å²) in [5.74, 6) is -1.09. The first kappa shape index (κ1) is 14.4. The number of hydrogen-bond acceptors (Lipinski definition) is 8. The summed E-state index contributed by atoms with van der Waals surface area (Å²) in [6.45, 7) is 0. The number of non-ortho nitro benzene ring substituents is 1. The molecule has 3 rings (SSSR count). The average molecular weight is 318 g/mol. The third-order valence-electron chi connectivity index (χ3n) is 3.20. The van der Waals surface area contributed by atoms with Crippen molar-refractivity contribution < 1.29 is 19.5 Å².